The highest BCUT2D eigenvalue weighted by Crippen LogP contribution is 2.25. The Bertz CT molecular complexity index is 321. The summed E-state index contributed by atoms with van der Waals surface area (Å²) < 4.78 is 0. The van der Waals surface area contributed by atoms with Gasteiger partial charge in [0.15, 0.2) is 0 Å². The first kappa shape index (κ1) is 17.9. The van der Waals surface area contributed by atoms with Gasteiger partial charge in [-0.2, -0.15) is 0 Å². The molecule has 3 N–H and O–H groups in total. The predicted molar refractivity (Wildman–Crippen MR) is 73.7 cm³/mol. The Kier molecular flexibility index (Phi) is 6.49. The molecule has 1 amide bonds. The second-order valence-electron chi connectivity index (χ2n) is 6.78. The van der Waals surface area contributed by atoms with Crippen LogP contribution in [0, 0.1) is 11.3 Å². The zero-order valence-corrected chi connectivity index (χ0v) is 12.6. The predicted octanol–water partition coefficient (Wildman–Crippen LogP) is 1.79. The average Bonchev–Trinajstić information content (AvgIpc) is 2.09. The minimum absolute atomic E-state index is 0.0528. The van der Waals surface area contributed by atoms with Gasteiger partial charge in [-0.1, -0.05) is 27.7 Å². The number of rotatable bonds is 8. The second-order valence-corrected chi connectivity index (χ2v) is 6.78. The first-order valence-corrected chi connectivity index (χ1v) is 6.64. The molecule has 0 fully saturated rings. The summed E-state index contributed by atoms with van der Waals surface area (Å²) >= 11 is 0. The van der Waals surface area contributed by atoms with Crippen LogP contribution in [0.2, 0.25) is 0 Å². The van der Waals surface area contributed by atoms with Gasteiger partial charge < -0.3 is 15.5 Å². The lowest BCUT2D eigenvalue weighted by atomic mass is 9.85. The van der Waals surface area contributed by atoms with Crippen molar-refractivity contribution in [1.82, 2.24) is 5.32 Å². The van der Waals surface area contributed by atoms with Crippen LogP contribution in [0.3, 0.4) is 0 Å². The lowest BCUT2D eigenvalue weighted by Crippen LogP contribution is -2.42. The van der Waals surface area contributed by atoms with Crippen LogP contribution in [0.4, 0.5) is 0 Å². The van der Waals surface area contributed by atoms with Gasteiger partial charge in [-0.3, -0.25) is 9.59 Å². The zero-order chi connectivity index (χ0) is 15.3. The molecule has 0 saturated heterocycles. The van der Waals surface area contributed by atoms with Crippen LogP contribution in [-0.4, -0.2) is 34.2 Å². The molecule has 0 saturated carbocycles. The molecule has 5 heteroatoms. The Morgan fingerprint density at radius 1 is 1.16 bits per heavy atom. The molecule has 1 atom stereocenters. The highest BCUT2D eigenvalue weighted by atomic mass is 16.4. The number of aliphatic carboxylic acids is 1. The van der Waals surface area contributed by atoms with E-state index in [1.54, 1.807) is 20.8 Å². The van der Waals surface area contributed by atoms with Gasteiger partial charge in [0.2, 0.25) is 5.91 Å². The Hall–Kier alpha value is -1.10. The largest absolute Gasteiger partial charge is 0.481 e. The molecule has 0 heterocycles. The highest BCUT2D eigenvalue weighted by Gasteiger charge is 2.27. The van der Waals surface area contributed by atoms with Crippen LogP contribution in [0.1, 0.15) is 53.9 Å². The number of carboxylic acid groups (broad SMARTS) is 1. The van der Waals surface area contributed by atoms with Crippen LogP contribution in [-0.2, 0) is 9.59 Å². The van der Waals surface area contributed by atoms with E-state index in [4.69, 9.17) is 5.11 Å². The van der Waals surface area contributed by atoms with Gasteiger partial charge in [0.1, 0.15) is 0 Å². The fourth-order valence-corrected chi connectivity index (χ4v) is 2.21. The maximum absolute atomic E-state index is 11.8. The topological polar surface area (TPSA) is 86.6 Å². The van der Waals surface area contributed by atoms with Gasteiger partial charge in [-0.05, 0) is 24.7 Å². The summed E-state index contributed by atoms with van der Waals surface area (Å²) in [6.07, 6.45) is 0.686. The zero-order valence-electron chi connectivity index (χ0n) is 12.6. The smallest absolute Gasteiger partial charge is 0.303 e. The third-order valence-electron chi connectivity index (χ3n) is 2.78. The van der Waals surface area contributed by atoms with Crippen molar-refractivity contribution in [3.63, 3.8) is 0 Å². The van der Waals surface area contributed by atoms with Gasteiger partial charge in [0.05, 0.1) is 12.0 Å². The standard InChI is InChI=1S/C14H27NO4/c1-10(2)6-14(5,19)9-15-11(16)7-13(3,4)8-12(17)18/h10,19H,6-9H2,1-5H3,(H,15,16)(H,17,18). The van der Waals surface area contributed by atoms with Crippen molar-refractivity contribution in [2.24, 2.45) is 11.3 Å². The van der Waals surface area contributed by atoms with E-state index >= 15 is 0 Å². The minimum atomic E-state index is -0.930. The van der Waals surface area contributed by atoms with Crippen LogP contribution in [0.15, 0.2) is 0 Å². The Morgan fingerprint density at radius 2 is 1.68 bits per heavy atom. The number of carbonyl (C=O) groups excluding carboxylic acids is 1. The van der Waals surface area contributed by atoms with Gasteiger partial charge in [0.25, 0.3) is 0 Å². The van der Waals surface area contributed by atoms with Crippen LogP contribution < -0.4 is 5.32 Å². The van der Waals surface area contributed by atoms with Gasteiger partial charge in [-0.15, -0.1) is 0 Å². The molecule has 0 aromatic heterocycles. The molecule has 0 radical (unpaired) electrons. The van der Waals surface area contributed by atoms with Crippen LogP contribution in [0.25, 0.3) is 0 Å². The third-order valence-corrected chi connectivity index (χ3v) is 2.78. The molecule has 0 spiro atoms. The maximum Gasteiger partial charge on any atom is 0.303 e. The van der Waals surface area contributed by atoms with Crippen molar-refractivity contribution >= 4 is 11.9 Å². The van der Waals surface area contributed by atoms with Crippen molar-refractivity contribution in [2.45, 2.75) is 59.5 Å². The summed E-state index contributed by atoms with van der Waals surface area (Å²) in [7, 11) is 0. The molecule has 0 aliphatic carbocycles. The van der Waals surface area contributed by atoms with E-state index in [2.05, 4.69) is 5.32 Å². The molecule has 5 nitrogen and oxygen atoms in total. The number of hydrogen-bond acceptors (Lipinski definition) is 3. The van der Waals surface area contributed by atoms with E-state index < -0.39 is 17.0 Å². The van der Waals surface area contributed by atoms with Gasteiger partial charge in [-0.25, -0.2) is 0 Å². The van der Waals surface area contributed by atoms with E-state index in [0.29, 0.717) is 12.3 Å². The Balaban J connectivity index is 4.22. The Labute approximate surface area is 115 Å². The number of nitrogens with one attached hydrogen (secondary N) is 1. The molecule has 0 rings (SSSR count). The van der Waals surface area contributed by atoms with Gasteiger partial charge >= 0.3 is 5.97 Å². The Morgan fingerprint density at radius 3 is 2.11 bits per heavy atom. The lowest BCUT2D eigenvalue weighted by molar-refractivity contribution is -0.139. The summed E-state index contributed by atoms with van der Waals surface area (Å²) in [4.78, 5) is 22.4. The van der Waals surface area contributed by atoms with Crippen LogP contribution >= 0.6 is 0 Å². The normalized spacial score (nSPS) is 15.1. The summed E-state index contributed by atoms with van der Waals surface area (Å²) in [5.74, 6) is -0.796. The molecular weight excluding hydrogens is 246 g/mol. The molecule has 0 bridgehead atoms. The first-order chi connectivity index (χ1) is 8.43. The third kappa shape index (κ3) is 9.47. The van der Waals surface area contributed by atoms with E-state index in [1.165, 1.54) is 0 Å². The average molecular weight is 273 g/mol. The van der Waals surface area contributed by atoms with Crippen molar-refractivity contribution in [3.8, 4) is 0 Å². The SMILES string of the molecule is CC(C)CC(C)(O)CNC(=O)CC(C)(C)CC(=O)O. The van der Waals surface area contributed by atoms with Crippen molar-refractivity contribution in [2.75, 3.05) is 6.54 Å². The number of hydrogen-bond donors (Lipinski definition) is 3. The monoisotopic (exact) mass is 273 g/mol. The van der Waals surface area contributed by atoms with Crippen LogP contribution in [0.5, 0.6) is 0 Å². The fraction of sp³-hybridized carbons (Fsp3) is 0.857. The molecule has 0 aromatic carbocycles. The molecule has 0 aromatic rings. The summed E-state index contributed by atoms with van der Waals surface area (Å²) in [6.45, 7) is 9.38. The van der Waals surface area contributed by atoms with Crippen molar-refractivity contribution in [1.29, 1.82) is 0 Å². The molecule has 0 aliphatic rings. The molecule has 112 valence electrons. The molecular formula is C14H27NO4. The molecule has 1 unspecified atom stereocenters. The van der Waals surface area contributed by atoms with Gasteiger partial charge in [0, 0.05) is 13.0 Å². The number of amides is 1. The maximum atomic E-state index is 11.8. The summed E-state index contributed by atoms with van der Waals surface area (Å²) in [6, 6.07) is 0. The quantitative estimate of drug-likeness (QED) is 0.629. The fourth-order valence-electron chi connectivity index (χ4n) is 2.21. The number of carbonyl (C=O) groups is 2. The van der Waals surface area contributed by atoms with E-state index in [1.807, 2.05) is 13.8 Å². The highest BCUT2D eigenvalue weighted by molar-refractivity contribution is 5.77. The number of carboxylic acids is 1. The van der Waals surface area contributed by atoms with E-state index in [-0.39, 0.29) is 25.3 Å². The van der Waals surface area contributed by atoms with E-state index in [9.17, 15) is 14.7 Å². The molecule has 0 aliphatic heterocycles. The first-order valence-electron chi connectivity index (χ1n) is 6.64. The number of aliphatic hydroxyl groups is 1. The van der Waals surface area contributed by atoms with Crippen molar-refractivity contribution < 1.29 is 19.8 Å². The second kappa shape index (κ2) is 6.89. The minimum Gasteiger partial charge on any atom is -0.481 e. The van der Waals surface area contributed by atoms with Crippen molar-refractivity contribution in [3.05, 3.63) is 0 Å². The molecule has 19 heavy (non-hydrogen) atoms. The summed E-state index contributed by atoms with van der Waals surface area (Å²) in [5, 5.41) is 21.5. The summed E-state index contributed by atoms with van der Waals surface area (Å²) in [5.41, 5.74) is -1.51. The van der Waals surface area contributed by atoms with E-state index in [0.717, 1.165) is 0 Å². The lowest BCUT2D eigenvalue weighted by Gasteiger charge is -2.27.